The van der Waals surface area contributed by atoms with Gasteiger partial charge in [-0.25, -0.2) is 0 Å². The van der Waals surface area contributed by atoms with Crippen molar-refractivity contribution in [1.29, 1.82) is 0 Å². The van der Waals surface area contributed by atoms with Gasteiger partial charge in [0.2, 0.25) is 0 Å². The molecule has 0 atom stereocenters. The molecule has 158 valence electrons. The largest absolute Gasteiger partial charge is 0.497 e. The first-order valence-electron chi connectivity index (χ1n) is 10.6. The molecule has 2 heterocycles. The van der Waals surface area contributed by atoms with Gasteiger partial charge >= 0.3 is 0 Å². The van der Waals surface area contributed by atoms with E-state index < -0.39 is 0 Å². The number of anilines is 2. The second kappa shape index (κ2) is 9.57. The van der Waals surface area contributed by atoms with Crippen molar-refractivity contribution in [1.82, 2.24) is 10.2 Å². The minimum absolute atomic E-state index is 0.776. The lowest BCUT2D eigenvalue weighted by molar-refractivity contribution is 0.372. The highest BCUT2D eigenvalue weighted by molar-refractivity contribution is 5.80. The maximum Gasteiger partial charge on any atom is 0.194 e. The molecule has 0 spiro atoms. The molecule has 0 bridgehead atoms. The van der Waals surface area contributed by atoms with Crippen LogP contribution in [-0.4, -0.2) is 64.3 Å². The van der Waals surface area contributed by atoms with Gasteiger partial charge in [-0.2, -0.15) is 0 Å². The Hall–Kier alpha value is -3.15. The lowest BCUT2D eigenvalue weighted by Crippen LogP contribution is -2.52. The number of methoxy groups -OCH3 is 1. The molecule has 30 heavy (non-hydrogen) atoms. The van der Waals surface area contributed by atoms with Crippen LogP contribution in [0.2, 0.25) is 0 Å². The van der Waals surface area contributed by atoms with Crippen molar-refractivity contribution < 1.29 is 4.74 Å². The lowest BCUT2D eigenvalue weighted by Gasteiger charge is -2.37. The van der Waals surface area contributed by atoms with Gasteiger partial charge in [0.15, 0.2) is 5.96 Å². The molecule has 2 aromatic rings. The number of hydrogen-bond acceptors (Lipinski definition) is 4. The van der Waals surface area contributed by atoms with E-state index in [1.165, 1.54) is 16.9 Å². The first-order chi connectivity index (χ1) is 14.8. The lowest BCUT2D eigenvalue weighted by atomic mass is 10.2. The molecule has 0 amide bonds. The number of benzene rings is 2. The van der Waals surface area contributed by atoms with Gasteiger partial charge in [-0.1, -0.05) is 30.4 Å². The second-order valence-corrected chi connectivity index (χ2v) is 7.62. The average molecular weight is 406 g/mol. The molecule has 0 unspecified atom stereocenters. The van der Waals surface area contributed by atoms with Crippen molar-refractivity contribution in [3.05, 3.63) is 66.2 Å². The number of nitrogens with one attached hydrogen (secondary N) is 1. The third-order valence-electron chi connectivity index (χ3n) is 5.75. The molecule has 2 aliphatic rings. The van der Waals surface area contributed by atoms with Crippen LogP contribution in [0.15, 0.2) is 65.7 Å². The first-order valence-corrected chi connectivity index (χ1v) is 10.6. The van der Waals surface area contributed by atoms with Gasteiger partial charge in [0.1, 0.15) is 5.75 Å². The molecule has 0 radical (unpaired) electrons. The molecule has 0 aromatic heterocycles. The van der Waals surface area contributed by atoms with Crippen molar-refractivity contribution in [2.45, 2.75) is 6.54 Å². The zero-order valence-electron chi connectivity index (χ0n) is 17.9. The van der Waals surface area contributed by atoms with E-state index in [1.807, 2.05) is 19.2 Å². The van der Waals surface area contributed by atoms with Crippen molar-refractivity contribution in [2.75, 3.05) is 63.2 Å². The number of guanidine groups is 1. The van der Waals surface area contributed by atoms with Gasteiger partial charge in [0.05, 0.1) is 7.11 Å². The van der Waals surface area contributed by atoms with E-state index in [9.17, 15) is 0 Å². The summed E-state index contributed by atoms with van der Waals surface area (Å²) >= 11 is 0. The molecule has 1 fully saturated rings. The van der Waals surface area contributed by atoms with Crippen LogP contribution < -0.4 is 19.9 Å². The standard InChI is InChI=1S/C24H31N5O/c1-25-24(26-19-20-7-5-8-21(17-20)27-11-3-4-12-27)29-15-13-28(14-16-29)22-9-6-10-23(18-22)30-2/h3-10,17-18H,11-16,19H2,1-2H3,(H,25,26). The van der Waals surface area contributed by atoms with Crippen LogP contribution in [0.3, 0.4) is 0 Å². The topological polar surface area (TPSA) is 43.3 Å². The highest BCUT2D eigenvalue weighted by Crippen LogP contribution is 2.22. The van der Waals surface area contributed by atoms with Gasteiger partial charge < -0.3 is 24.8 Å². The third kappa shape index (κ3) is 4.70. The maximum atomic E-state index is 5.36. The SMILES string of the molecule is CN=C(NCc1cccc(N2CC=CC2)c1)N1CCN(c2cccc(OC)c2)CC1. The Labute approximate surface area is 179 Å². The molecule has 1 saturated heterocycles. The molecule has 6 heteroatoms. The summed E-state index contributed by atoms with van der Waals surface area (Å²) < 4.78 is 5.36. The summed E-state index contributed by atoms with van der Waals surface area (Å²) in [6, 6.07) is 17.1. The molecular weight excluding hydrogens is 374 g/mol. The smallest absolute Gasteiger partial charge is 0.194 e. The Morgan fingerprint density at radius 1 is 0.933 bits per heavy atom. The summed E-state index contributed by atoms with van der Waals surface area (Å²) in [5.41, 5.74) is 3.77. The first kappa shape index (κ1) is 20.1. The summed E-state index contributed by atoms with van der Waals surface area (Å²) in [6.07, 6.45) is 4.44. The summed E-state index contributed by atoms with van der Waals surface area (Å²) in [7, 11) is 3.58. The predicted octanol–water partition coefficient (Wildman–Crippen LogP) is 2.97. The monoisotopic (exact) mass is 405 g/mol. The van der Waals surface area contributed by atoms with E-state index >= 15 is 0 Å². The molecule has 0 aliphatic carbocycles. The van der Waals surface area contributed by atoms with Crippen molar-refractivity contribution in [3.8, 4) is 5.75 Å². The quantitative estimate of drug-likeness (QED) is 0.471. The van der Waals surface area contributed by atoms with Crippen molar-refractivity contribution in [3.63, 3.8) is 0 Å². The fraction of sp³-hybridized carbons (Fsp3) is 0.375. The summed E-state index contributed by atoms with van der Waals surface area (Å²) in [5, 5.41) is 3.55. The minimum atomic E-state index is 0.776. The normalized spacial score (nSPS) is 16.9. The van der Waals surface area contributed by atoms with Crippen LogP contribution in [0.25, 0.3) is 0 Å². The Balaban J connectivity index is 1.31. The number of piperazine rings is 1. The minimum Gasteiger partial charge on any atom is -0.497 e. The maximum absolute atomic E-state index is 5.36. The van der Waals surface area contributed by atoms with Gasteiger partial charge in [0.25, 0.3) is 0 Å². The molecule has 0 saturated carbocycles. The van der Waals surface area contributed by atoms with Gasteiger partial charge in [-0.15, -0.1) is 0 Å². The van der Waals surface area contributed by atoms with Crippen LogP contribution >= 0.6 is 0 Å². The summed E-state index contributed by atoms with van der Waals surface area (Å²) in [4.78, 5) is 11.6. The van der Waals surface area contributed by atoms with Crippen LogP contribution in [0, 0.1) is 0 Å². The number of aliphatic imine (C=N–C) groups is 1. The van der Waals surface area contributed by atoms with Crippen LogP contribution in [0.1, 0.15) is 5.56 Å². The fourth-order valence-corrected chi connectivity index (χ4v) is 4.05. The van der Waals surface area contributed by atoms with E-state index in [0.29, 0.717) is 0 Å². The molecule has 1 N–H and O–H groups in total. The van der Waals surface area contributed by atoms with Gasteiger partial charge in [-0.3, -0.25) is 4.99 Å². The van der Waals surface area contributed by atoms with E-state index in [-0.39, 0.29) is 0 Å². The molecule has 6 nitrogen and oxygen atoms in total. The van der Waals surface area contributed by atoms with Crippen LogP contribution in [-0.2, 0) is 6.54 Å². The Kier molecular flexibility index (Phi) is 6.42. The van der Waals surface area contributed by atoms with Crippen LogP contribution in [0.5, 0.6) is 5.75 Å². The van der Waals surface area contributed by atoms with E-state index in [0.717, 1.165) is 57.5 Å². The van der Waals surface area contributed by atoms with E-state index in [4.69, 9.17) is 4.74 Å². The predicted molar refractivity (Wildman–Crippen MR) is 125 cm³/mol. The van der Waals surface area contributed by atoms with Crippen LogP contribution in [0.4, 0.5) is 11.4 Å². The van der Waals surface area contributed by atoms with Crippen molar-refractivity contribution in [2.24, 2.45) is 4.99 Å². The van der Waals surface area contributed by atoms with Gasteiger partial charge in [0, 0.05) is 70.3 Å². The molecule has 2 aliphatic heterocycles. The number of nitrogens with zero attached hydrogens (tertiary/aromatic N) is 4. The number of rotatable bonds is 5. The highest BCUT2D eigenvalue weighted by Gasteiger charge is 2.20. The number of hydrogen-bond donors (Lipinski definition) is 1. The summed E-state index contributed by atoms with van der Waals surface area (Å²) in [5.74, 6) is 1.87. The summed E-state index contributed by atoms with van der Waals surface area (Å²) in [6.45, 7) is 6.58. The molecular formula is C24H31N5O. The molecule has 2 aromatic carbocycles. The third-order valence-corrected chi connectivity index (χ3v) is 5.75. The second-order valence-electron chi connectivity index (χ2n) is 7.62. The molecule has 4 rings (SSSR count). The Morgan fingerprint density at radius 3 is 2.33 bits per heavy atom. The zero-order valence-corrected chi connectivity index (χ0v) is 17.9. The fourth-order valence-electron chi connectivity index (χ4n) is 4.05. The highest BCUT2D eigenvalue weighted by atomic mass is 16.5. The van der Waals surface area contributed by atoms with Crippen molar-refractivity contribution >= 4 is 17.3 Å². The zero-order chi connectivity index (χ0) is 20.8. The number of ether oxygens (including phenoxy) is 1. The Morgan fingerprint density at radius 2 is 1.63 bits per heavy atom. The van der Waals surface area contributed by atoms with E-state index in [2.05, 4.69) is 73.6 Å². The average Bonchev–Trinajstić information content (AvgIpc) is 3.35. The van der Waals surface area contributed by atoms with E-state index in [1.54, 1.807) is 7.11 Å². The Bertz CT molecular complexity index is 894. The van der Waals surface area contributed by atoms with Gasteiger partial charge in [-0.05, 0) is 29.8 Å².